The zero-order valence-corrected chi connectivity index (χ0v) is 15.3. The first kappa shape index (κ1) is 17.7. The highest BCUT2D eigenvalue weighted by Crippen LogP contribution is 2.28. The van der Waals surface area contributed by atoms with Crippen LogP contribution in [-0.4, -0.2) is 39.4 Å². The topological polar surface area (TPSA) is 47.1 Å². The van der Waals surface area contributed by atoms with Gasteiger partial charge in [0.15, 0.2) is 0 Å². The number of halogens is 1. The lowest BCUT2D eigenvalue weighted by Gasteiger charge is -2.44. The molecule has 1 heterocycles. The molecule has 0 saturated carbocycles. The molecule has 5 heteroatoms. The van der Waals surface area contributed by atoms with Gasteiger partial charge in [0, 0.05) is 25.0 Å². The first-order valence-corrected chi connectivity index (χ1v) is 8.29. The van der Waals surface area contributed by atoms with Crippen molar-refractivity contribution in [2.75, 3.05) is 13.1 Å². The summed E-state index contributed by atoms with van der Waals surface area (Å²) in [5.74, 6) is 0. The van der Waals surface area contributed by atoms with E-state index in [2.05, 4.69) is 53.6 Å². The van der Waals surface area contributed by atoms with Crippen LogP contribution in [0.4, 0.5) is 0 Å². The lowest BCUT2D eigenvalue weighted by atomic mass is 9.85. The number of hydrogen-bond acceptors (Lipinski definition) is 3. The van der Waals surface area contributed by atoms with Gasteiger partial charge in [0.05, 0.1) is 15.9 Å². The van der Waals surface area contributed by atoms with E-state index in [1.807, 2.05) is 18.7 Å². The lowest BCUT2D eigenvalue weighted by molar-refractivity contribution is 0.0838. The van der Waals surface area contributed by atoms with Crippen LogP contribution in [0.5, 0.6) is 0 Å². The number of nitrogens with two attached hydrogens (primary N) is 1. The minimum Gasteiger partial charge on any atom is -0.326 e. The van der Waals surface area contributed by atoms with E-state index in [0.717, 1.165) is 36.1 Å². The number of aryl methyl sites for hydroxylation is 2. The van der Waals surface area contributed by atoms with E-state index in [0.29, 0.717) is 0 Å². The van der Waals surface area contributed by atoms with Crippen LogP contribution in [-0.2, 0) is 13.5 Å². The van der Waals surface area contributed by atoms with Crippen molar-refractivity contribution in [3.63, 3.8) is 0 Å². The molecule has 2 unspecified atom stereocenters. The summed E-state index contributed by atoms with van der Waals surface area (Å²) in [6.45, 7) is 13.0. The van der Waals surface area contributed by atoms with Crippen molar-refractivity contribution < 1.29 is 0 Å². The highest BCUT2D eigenvalue weighted by atomic mass is 79.9. The summed E-state index contributed by atoms with van der Waals surface area (Å²) in [6, 6.07) is 0.0819. The Hall–Kier alpha value is -0.390. The maximum Gasteiger partial charge on any atom is 0.0738 e. The second kappa shape index (κ2) is 7.05. The van der Waals surface area contributed by atoms with Crippen molar-refractivity contribution in [2.45, 2.75) is 59.0 Å². The van der Waals surface area contributed by atoms with Crippen LogP contribution in [0.15, 0.2) is 4.47 Å². The highest BCUT2D eigenvalue weighted by Gasteiger charge is 2.35. The van der Waals surface area contributed by atoms with Crippen molar-refractivity contribution >= 4 is 15.9 Å². The Morgan fingerprint density at radius 3 is 2.25 bits per heavy atom. The molecular weight excluding hydrogens is 316 g/mol. The first-order chi connectivity index (χ1) is 9.31. The van der Waals surface area contributed by atoms with E-state index in [1.165, 1.54) is 5.69 Å². The Labute approximate surface area is 131 Å². The molecule has 0 amide bonds. The monoisotopic (exact) mass is 344 g/mol. The molecule has 1 rings (SSSR count). The summed E-state index contributed by atoms with van der Waals surface area (Å²) in [4.78, 5) is 2.47. The molecule has 4 nitrogen and oxygen atoms in total. The summed E-state index contributed by atoms with van der Waals surface area (Å²) in [5.41, 5.74) is 8.81. The Kier molecular flexibility index (Phi) is 6.23. The molecule has 116 valence electrons. The fourth-order valence-electron chi connectivity index (χ4n) is 3.00. The van der Waals surface area contributed by atoms with Gasteiger partial charge in [0.25, 0.3) is 0 Å². The van der Waals surface area contributed by atoms with E-state index in [-0.39, 0.29) is 11.6 Å². The SMILES string of the molecule is CCN(CC)C(C)(CC)C(N)Cc1c(Br)c(C)nn1C. The summed E-state index contributed by atoms with van der Waals surface area (Å²) in [6.07, 6.45) is 1.88. The molecule has 0 fully saturated rings. The van der Waals surface area contributed by atoms with Gasteiger partial charge in [-0.15, -0.1) is 0 Å². The van der Waals surface area contributed by atoms with E-state index in [9.17, 15) is 0 Å². The van der Waals surface area contributed by atoms with Crippen LogP contribution in [0.1, 0.15) is 45.5 Å². The van der Waals surface area contributed by atoms with Crippen LogP contribution < -0.4 is 5.73 Å². The zero-order chi connectivity index (χ0) is 15.5. The molecule has 0 bridgehead atoms. The first-order valence-electron chi connectivity index (χ1n) is 7.50. The Morgan fingerprint density at radius 2 is 1.90 bits per heavy atom. The normalized spacial score (nSPS) is 16.4. The van der Waals surface area contributed by atoms with Gasteiger partial charge in [-0.1, -0.05) is 20.8 Å². The van der Waals surface area contributed by atoms with Crippen LogP contribution in [0.25, 0.3) is 0 Å². The van der Waals surface area contributed by atoms with Gasteiger partial charge < -0.3 is 5.73 Å². The molecular formula is C15H29BrN4. The molecule has 0 saturated heterocycles. The van der Waals surface area contributed by atoms with Gasteiger partial charge in [-0.05, 0) is 49.3 Å². The predicted octanol–water partition coefficient (Wildman–Crippen LogP) is 2.87. The van der Waals surface area contributed by atoms with E-state index in [4.69, 9.17) is 5.73 Å². The average molecular weight is 345 g/mol. The number of hydrogen-bond donors (Lipinski definition) is 1. The molecule has 0 aliphatic rings. The minimum absolute atomic E-state index is 0.0150. The Morgan fingerprint density at radius 1 is 1.35 bits per heavy atom. The van der Waals surface area contributed by atoms with Crippen molar-refractivity contribution in [1.82, 2.24) is 14.7 Å². The fourth-order valence-corrected chi connectivity index (χ4v) is 3.49. The van der Waals surface area contributed by atoms with Crippen molar-refractivity contribution in [3.05, 3.63) is 15.9 Å². The number of nitrogens with zero attached hydrogens (tertiary/aromatic N) is 3. The van der Waals surface area contributed by atoms with Gasteiger partial charge in [-0.2, -0.15) is 5.10 Å². The fraction of sp³-hybridized carbons (Fsp3) is 0.800. The molecule has 1 aromatic heterocycles. The highest BCUT2D eigenvalue weighted by molar-refractivity contribution is 9.10. The van der Waals surface area contributed by atoms with Crippen LogP contribution >= 0.6 is 15.9 Å². The van der Waals surface area contributed by atoms with Gasteiger partial charge in [0.2, 0.25) is 0 Å². The zero-order valence-electron chi connectivity index (χ0n) is 13.7. The summed E-state index contributed by atoms with van der Waals surface area (Å²) in [5, 5.41) is 4.46. The molecule has 0 aliphatic heterocycles. The van der Waals surface area contributed by atoms with Crippen LogP contribution in [0.3, 0.4) is 0 Å². The third-order valence-corrected chi connectivity index (χ3v) is 5.71. The molecule has 0 spiro atoms. The van der Waals surface area contributed by atoms with Gasteiger partial charge in [-0.25, -0.2) is 0 Å². The van der Waals surface area contributed by atoms with Crippen LogP contribution in [0.2, 0.25) is 0 Å². The Bertz CT molecular complexity index is 439. The molecule has 0 radical (unpaired) electrons. The minimum atomic E-state index is 0.0150. The van der Waals surface area contributed by atoms with Gasteiger partial charge in [0.1, 0.15) is 0 Å². The quantitative estimate of drug-likeness (QED) is 0.827. The predicted molar refractivity (Wildman–Crippen MR) is 88.9 cm³/mol. The molecule has 1 aromatic rings. The summed E-state index contributed by atoms with van der Waals surface area (Å²) >= 11 is 3.64. The number of likely N-dealkylation sites (N-methyl/N-ethyl adjacent to an activating group) is 1. The number of aromatic nitrogens is 2. The van der Waals surface area contributed by atoms with Gasteiger partial charge >= 0.3 is 0 Å². The largest absolute Gasteiger partial charge is 0.326 e. The number of rotatable bonds is 7. The molecule has 2 N–H and O–H groups in total. The smallest absolute Gasteiger partial charge is 0.0738 e. The molecule has 0 aromatic carbocycles. The maximum atomic E-state index is 6.59. The summed E-state index contributed by atoms with van der Waals surface area (Å²) in [7, 11) is 1.99. The third-order valence-electron chi connectivity index (χ3n) is 4.68. The lowest BCUT2D eigenvalue weighted by Crippen LogP contribution is -2.58. The molecule has 20 heavy (non-hydrogen) atoms. The Balaban J connectivity index is 3.00. The standard InChI is InChI=1S/C15H29BrN4/c1-7-15(5,20(8-2)9-3)13(17)10-12-14(16)11(4)18-19(12)6/h13H,7-10,17H2,1-6H3. The third kappa shape index (κ3) is 3.26. The van der Waals surface area contributed by atoms with Crippen LogP contribution in [0, 0.1) is 6.92 Å². The summed E-state index contributed by atoms with van der Waals surface area (Å²) < 4.78 is 3.03. The van der Waals surface area contributed by atoms with Crippen molar-refractivity contribution in [3.8, 4) is 0 Å². The van der Waals surface area contributed by atoms with E-state index < -0.39 is 0 Å². The maximum absolute atomic E-state index is 6.59. The average Bonchev–Trinajstić information content (AvgIpc) is 2.66. The van der Waals surface area contributed by atoms with E-state index in [1.54, 1.807) is 0 Å². The van der Waals surface area contributed by atoms with E-state index >= 15 is 0 Å². The molecule has 2 atom stereocenters. The second-order valence-corrected chi connectivity index (χ2v) is 6.46. The second-order valence-electron chi connectivity index (χ2n) is 5.66. The van der Waals surface area contributed by atoms with Gasteiger partial charge in [-0.3, -0.25) is 9.58 Å². The van der Waals surface area contributed by atoms with Crippen molar-refractivity contribution in [1.29, 1.82) is 0 Å². The van der Waals surface area contributed by atoms with Crippen molar-refractivity contribution in [2.24, 2.45) is 12.8 Å². The molecule has 0 aliphatic carbocycles.